The van der Waals surface area contributed by atoms with E-state index >= 15 is 0 Å². The number of nitrogens with one attached hydrogen (secondary N) is 1. The SMILES string of the molecule is O=C(NC1CCN(Cc2ccncc2)CC1)C1CCCN1Cc1ccccc1. The Bertz CT molecular complexity index is 744. The van der Waals surface area contributed by atoms with E-state index in [2.05, 4.69) is 56.5 Å². The van der Waals surface area contributed by atoms with Crippen LogP contribution in [-0.2, 0) is 17.9 Å². The molecule has 2 aliphatic rings. The maximum absolute atomic E-state index is 12.9. The summed E-state index contributed by atoms with van der Waals surface area (Å²) < 4.78 is 0. The van der Waals surface area contributed by atoms with Gasteiger partial charge in [0, 0.05) is 44.6 Å². The molecular weight excluding hydrogens is 348 g/mol. The third-order valence-electron chi connectivity index (χ3n) is 5.98. The molecule has 4 rings (SSSR count). The van der Waals surface area contributed by atoms with Crippen LogP contribution in [0.1, 0.15) is 36.8 Å². The summed E-state index contributed by atoms with van der Waals surface area (Å²) in [5.41, 5.74) is 2.59. The Labute approximate surface area is 167 Å². The molecule has 0 saturated carbocycles. The minimum Gasteiger partial charge on any atom is -0.352 e. The molecule has 0 bridgehead atoms. The van der Waals surface area contributed by atoms with Gasteiger partial charge in [0.1, 0.15) is 0 Å². The van der Waals surface area contributed by atoms with Crippen molar-refractivity contribution in [2.75, 3.05) is 19.6 Å². The second-order valence-electron chi connectivity index (χ2n) is 8.03. The molecule has 148 valence electrons. The number of hydrogen-bond acceptors (Lipinski definition) is 4. The Hall–Kier alpha value is -2.24. The van der Waals surface area contributed by atoms with E-state index in [0.29, 0.717) is 6.04 Å². The standard InChI is InChI=1S/C23H30N4O/c28-23(22-7-4-14-27(22)18-19-5-2-1-3-6-19)25-21-10-15-26(16-11-21)17-20-8-12-24-13-9-20/h1-3,5-6,8-9,12-13,21-22H,4,7,10-11,14-18H2,(H,25,28). The molecule has 0 aliphatic carbocycles. The largest absolute Gasteiger partial charge is 0.352 e. The van der Waals surface area contributed by atoms with Crippen LogP contribution in [0.3, 0.4) is 0 Å². The number of amides is 1. The number of rotatable bonds is 6. The summed E-state index contributed by atoms with van der Waals surface area (Å²) in [4.78, 5) is 21.8. The van der Waals surface area contributed by atoms with E-state index in [4.69, 9.17) is 0 Å². The average Bonchev–Trinajstić information content (AvgIpc) is 3.19. The fourth-order valence-electron chi connectivity index (χ4n) is 4.41. The summed E-state index contributed by atoms with van der Waals surface area (Å²) in [5.74, 6) is 0.223. The number of nitrogens with zero attached hydrogens (tertiary/aromatic N) is 3. The van der Waals surface area contributed by atoms with E-state index in [-0.39, 0.29) is 11.9 Å². The van der Waals surface area contributed by atoms with Crippen LogP contribution in [-0.4, -0.2) is 52.4 Å². The first-order chi connectivity index (χ1) is 13.8. The Morgan fingerprint density at radius 3 is 2.39 bits per heavy atom. The Kier molecular flexibility index (Phi) is 6.34. The molecule has 5 nitrogen and oxygen atoms in total. The van der Waals surface area contributed by atoms with Crippen LogP contribution in [0.2, 0.25) is 0 Å². The van der Waals surface area contributed by atoms with Crippen LogP contribution in [0.15, 0.2) is 54.9 Å². The van der Waals surface area contributed by atoms with Crippen LogP contribution in [0.5, 0.6) is 0 Å². The number of pyridine rings is 1. The zero-order chi connectivity index (χ0) is 19.2. The predicted octanol–water partition coefficient (Wildman–Crippen LogP) is 2.83. The van der Waals surface area contributed by atoms with Gasteiger partial charge in [0.15, 0.2) is 0 Å². The third kappa shape index (κ3) is 4.97. The molecule has 2 aromatic rings. The molecule has 1 amide bonds. The molecule has 5 heteroatoms. The van der Waals surface area contributed by atoms with Crippen LogP contribution in [0.25, 0.3) is 0 Å². The highest BCUT2D eigenvalue weighted by molar-refractivity contribution is 5.82. The molecule has 0 radical (unpaired) electrons. The van der Waals surface area contributed by atoms with Gasteiger partial charge in [-0.25, -0.2) is 0 Å². The Morgan fingerprint density at radius 1 is 0.929 bits per heavy atom. The smallest absolute Gasteiger partial charge is 0.237 e. The summed E-state index contributed by atoms with van der Waals surface area (Å²) in [6.45, 7) is 4.91. The lowest BCUT2D eigenvalue weighted by molar-refractivity contribution is -0.126. The first-order valence-corrected chi connectivity index (χ1v) is 10.5. The Morgan fingerprint density at radius 2 is 1.64 bits per heavy atom. The fourth-order valence-corrected chi connectivity index (χ4v) is 4.41. The quantitative estimate of drug-likeness (QED) is 0.840. The average molecular weight is 379 g/mol. The molecular formula is C23H30N4O. The van der Waals surface area contributed by atoms with Crippen molar-refractivity contribution in [2.45, 2.75) is 50.9 Å². The number of carbonyl (C=O) groups is 1. The lowest BCUT2D eigenvalue weighted by Gasteiger charge is -2.33. The monoisotopic (exact) mass is 378 g/mol. The van der Waals surface area contributed by atoms with Gasteiger partial charge in [-0.05, 0) is 55.5 Å². The van der Waals surface area contributed by atoms with E-state index in [9.17, 15) is 4.79 Å². The van der Waals surface area contributed by atoms with E-state index < -0.39 is 0 Å². The zero-order valence-electron chi connectivity index (χ0n) is 16.5. The first-order valence-electron chi connectivity index (χ1n) is 10.5. The lowest BCUT2D eigenvalue weighted by atomic mass is 10.0. The zero-order valence-corrected chi connectivity index (χ0v) is 16.5. The summed E-state index contributed by atoms with van der Waals surface area (Å²) >= 11 is 0. The van der Waals surface area contributed by atoms with Gasteiger partial charge >= 0.3 is 0 Å². The van der Waals surface area contributed by atoms with Crippen molar-refractivity contribution in [2.24, 2.45) is 0 Å². The number of piperidine rings is 1. The number of carbonyl (C=O) groups excluding carboxylic acids is 1. The van der Waals surface area contributed by atoms with Crippen molar-refractivity contribution in [3.05, 3.63) is 66.0 Å². The second-order valence-corrected chi connectivity index (χ2v) is 8.03. The number of benzene rings is 1. The minimum absolute atomic E-state index is 0.0232. The van der Waals surface area contributed by atoms with Crippen LogP contribution in [0, 0.1) is 0 Å². The van der Waals surface area contributed by atoms with Gasteiger partial charge in [0.25, 0.3) is 0 Å². The number of aromatic nitrogens is 1. The van der Waals surface area contributed by atoms with Crippen LogP contribution < -0.4 is 5.32 Å². The van der Waals surface area contributed by atoms with Gasteiger partial charge < -0.3 is 5.32 Å². The van der Waals surface area contributed by atoms with Gasteiger partial charge in [0.2, 0.25) is 5.91 Å². The van der Waals surface area contributed by atoms with Crippen molar-refractivity contribution in [3.8, 4) is 0 Å². The topological polar surface area (TPSA) is 48.5 Å². The molecule has 2 saturated heterocycles. The molecule has 2 fully saturated rings. The van der Waals surface area contributed by atoms with Gasteiger partial charge in [-0.3, -0.25) is 19.6 Å². The van der Waals surface area contributed by atoms with Gasteiger partial charge in [-0.15, -0.1) is 0 Å². The Balaban J connectivity index is 1.25. The van der Waals surface area contributed by atoms with Crippen molar-refractivity contribution < 1.29 is 4.79 Å². The van der Waals surface area contributed by atoms with Gasteiger partial charge in [0.05, 0.1) is 6.04 Å². The van der Waals surface area contributed by atoms with Gasteiger partial charge in [-0.1, -0.05) is 30.3 Å². The third-order valence-corrected chi connectivity index (χ3v) is 5.98. The highest BCUT2D eigenvalue weighted by Gasteiger charge is 2.32. The maximum atomic E-state index is 12.9. The van der Waals surface area contributed by atoms with Crippen molar-refractivity contribution in [1.29, 1.82) is 0 Å². The summed E-state index contributed by atoms with van der Waals surface area (Å²) in [5, 5.41) is 3.34. The van der Waals surface area contributed by atoms with E-state index in [1.165, 1.54) is 11.1 Å². The molecule has 1 aromatic heterocycles. The fraction of sp³-hybridized carbons (Fsp3) is 0.478. The van der Waals surface area contributed by atoms with Crippen LogP contribution >= 0.6 is 0 Å². The highest BCUT2D eigenvalue weighted by Crippen LogP contribution is 2.21. The molecule has 3 heterocycles. The summed E-state index contributed by atoms with van der Waals surface area (Å²) in [6, 6.07) is 15.0. The molecule has 2 aliphatic heterocycles. The molecule has 0 spiro atoms. The summed E-state index contributed by atoms with van der Waals surface area (Å²) in [6.07, 6.45) is 7.84. The predicted molar refractivity (Wildman–Crippen MR) is 111 cm³/mol. The summed E-state index contributed by atoms with van der Waals surface area (Å²) in [7, 11) is 0. The molecule has 1 aromatic carbocycles. The van der Waals surface area contributed by atoms with Gasteiger partial charge in [-0.2, -0.15) is 0 Å². The molecule has 1 N–H and O–H groups in total. The van der Waals surface area contributed by atoms with Crippen molar-refractivity contribution >= 4 is 5.91 Å². The van der Waals surface area contributed by atoms with Crippen LogP contribution in [0.4, 0.5) is 0 Å². The second kappa shape index (κ2) is 9.30. The molecule has 1 unspecified atom stereocenters. The normalized spacial score (nSPS) is 21.6. The van der Waals surface area contributed by atoms with E-state index in [1.54, 1.807) is 0 Å². The van der Waals surface area contributed by atoms with Crippen molar-refractivity contribution in [3.63, 3.8) is 0 Å². The molecule has 28 heavy (non-hydrogen) atoms. The minimum atomic E-state index is 0.0232. The van der Waals surface area contributed by atoms with E-state index in [1.807, 2.05) is 18.5 Å². The molecule has 1 atom stereocenters. The van der Waals surface area contributed by atoms with E-state index in [0.717, 1.165) is 58.4 Å². The first kappa shape index (κ1) is 19.1. The number of likely N-dealkylation sites (tertiary alicyclic amines) is 2. The lowest BCUT2D eigenvalue weighted by Crippen LogP contribution is -2.50. The van der Waals surface area contributed by atoms with Crippen molar-refractivity contribution in [1.82, 2.24) is 20.1 Å². The number of hydrogen-bond donors (Lipinski definition) is 1. The maximum Gasteiger partial charge on any atom is 0.237 e. The highest BCUT2D eigenvalue weighted by atomic mass is 16.2.